The van der Waals surface area contributed by atoms with Crippen molar-refractivity contribution < 1.29 is 8.42 Å². The molecule has 1 fully saturated rings. The van der Waals surface area contributed by atoms with Crippen LogP contribution >= 0.6 is 0 Å². The molecule has 112 valence electrons. The van der Waals surface area contributed by atoms with Crippen LogP contribution < -0.4 is 5.14 Å². The fourth-order valence-corrected chi connectivity index (χ4v) is 3.18. The topological polar surface area (TPSA) is 90.9 Å². The van der Waals surface area contributed by atoms with Crippen LogP contribution in [0.15, 0.2) is 29.4 Å². The van der Waals surface area contributed by atoms with E-state index in [4.69, 9.17) is 5.14 Å². The molecule has 21 heavy (non-hydrogen) atoms. The molecule has 1 heterocycles. The van der Waals surface area contributed by atoms with Crippen LogP contribution in [-0.4, -0.2) is 23.2 Å². The molecule has 1 aromatic carbocycles. The summed E-state index contributed by atoms with van der Waals surface area (Å²) in [6.07, 6.45) is 3.37. The third-order valence-electron chi connectivity index (χ3n) is 3.62. The van der Waals surface area contributed by atoms with Gasteiger partial charge in [0.05, 0.1) is 0 Å². The first-order valence-electron chi connectivity index (χ1n) is 6.97. The minimum atomic E-state index is -3.82. The standard InChI is InChI=1S/C14H18N4O2S/c1-10-3-2-4-11(9-10)5-8-13-16-17-14(21(15,19)20)18(13)12-6-7-12/h2-4,9,12H,5-8H2,1H3,(H2,15,19,20). The van der Waals surface area contributed by atoms with Gasteiger partial charge >= 0.3 is 0 Å². The van der Waals surface area contributed by atoms with E-state index in [2.05, 4.69) is 35.3 Å². The maximum atomic E-state index is 11.6. The van der Waals surface area contributed by atoms with Crippen LogP contribution in [-0.2, 0) is 22.9 Å². The van der Waals surface area contributed by atoms with E-state index in [9.17, 15) is 8.42 Å². The van der Waals surface area contributed by atoms with E-state index in [-0.39, 0.29) is 11.2 Å². The smallest absolute Gasteiger partial charge is 0.273 e. The molecular weight excluding hydrogens is 288 g/mol. The van der Waals surface area contributed by atoms with Gasteiger partial charge in [0.1, 0.15) is 5.82 Å². The van der Waals surface area contributed by atoms with Gasteiger partial charge in [0.2, 0.25) is 0 Å². The van der Waals surface area contributed by atoms with Crippen LogP contribution in [0.1, 0.15) is 35.8 Å². The van der Waals surface area contributed by atoms with Gasteiger partial charge in [-0.15, -0.1) is 10.2 Å². The number of rotatable bonds is 5. The number of aryl methyl sites for hydroxylation is 3. The molecule has 0 aliphatic heterocycles. The zero-order valence-corrected chi connectivity index (χ0v) is 12.7. The first-order valence-corrected chi connectivity index (χ1v) is 8.52. The highest BCUT2D eigenvalue weighted by Gasteiger charge is 2.32. The molecule has 2 aromatic rings. The van der Waals surface area contributed by atoms with Crippen LogP contribution in [0.2, 0.25) is 0 Å². The number of nitrogens with two attached hydrogens (primary N) is 1. The Labute approximate surface area is 124 Å². The Morgan fingerprint density at radius 3 is 2.67 bits per heavy atom. The van der Waals surface area contributed by atoms with Gasteiger partial charge in [-0.3, -0.25) is 4.57 Å². The van der Waals surface area contributed by atoms with E-state index in [1.165, 1.54) is 11.1 Å². The van der Waals surface area contributed by atoms with Gasteiger partial charge in [-0.25, -0.2) is 13.6 Å². The SMILES string of the molecule is Cc1cccc(CCc2nnc(S(N)(=O)=O)n2C2CC2)c1. The predicted molar refractivity (Wildman–Crippen MR) is 78.3 cm³/mol. The van der Waals surface area contributed by atoms with Gasteiger partial charge in [0, 0.05) is 12.5 Å². The Bertz CT molecular complexity index is 763. The Hall–Kier alpha value is -1.73. The minimum absolute atomic E-state index is 0.107. The van der Waals surface area contributed by atoms with Crippen molar-refractivity contribution >= 4 is 10.0 Å². The first kappa shape index (κ1) is 14.2. The molecule has 0 unspecified atom stereocenters. The largest absolute Gasteiger partial charge is 0.298 e. The summed E-state index contributed by atoms with van der Waals surface area (Å²) in [7, 11) is -3.82. The monoisotopic (exact) mass is 306 g/mol. The van der Waals surface area contributed by atoms with Crippen LogP contribution in [0.3, 0.4) is 0 Å². The van der Waals surface area contributed by atoms with Crippen molar-refractivity contribution in [2.45, 2.75) is 43.8 Å². The molecule has 0 bridgehead atoms. The van der Waals surface area contributed by atoms with Crippen LogP contribution in [0.5, 0.6) is 0 Å². The molecule has 0 spiro atoms. The number of nitrogens with zero attached hydrogens (tertiary/aromatic N) is 3. The molecule has 0 atom stereocenters. The normalized spacial score (nSPS) is 15.3. The van der Waals surface area contributed by atoms with E-state index in [0.717, 1.165) is 19.3 Å². The Kier molecular flexibility index (Phi) is 3.54. The van der Waals surface area contributed by atoms with Gasteiger partial charge in [-0.05, 0) is 31.7 Å². The molecule has 0 saturated heterocycles. The number of aromatic nitrogens is 3. The molecule has 0 amide bonds. The third kappa shape index (κ3) is 3.14. The van der Waals surface area contributed by atoms with Crippen LogP contribution in [0.4, 0.5) is 0 Å². The van der Waals surface area contributed by atoms with E-state index in [0.29, 0.717) is 12.2 Å². The Morgan fingerprint density at radius 2 is 2.05 bits per heavy atom. The number of hydrogen-bond acceptors (Lipinski definition) is 4. The van der Waals surface area contributed by atoms with E-state index >= 15 is 0 Å². The summed E-state index contributed by atoms with van der Waals surface area (Å²) in [6.45, 7) is 2.05. The lowest BCUT2D eigenvalue weighted by Crippen LogP contribution is -2.19. The quantitative estimate of drug-likeness (QED) is 0.902. The fourth-order valence-electron chi connectivity index (χ4n) is 2.50. The second-order valence-electron chi connectivity index (χ2n) is 5.53. The summed E-state index contributed by atoms with van der Waals surface area (Å²) in [5.74, 6) is 0.697. The van der Waals surface area contributed by atoms with Gasteiger partial charge in [-0.2, -0.15) is 0 Å². The molecular formula is C14H18N4O2S. The molecule has 1 aromatic heterocycles. The van der Waals surface area contributed by atoms with Crippen molar-refractivity contribution in [2.75, 3.05) is 0 Å². The maximum absolute atomic E-state index is 11.6. The number of sulfonamides is 1. The average Bonchev–Trinajstić information content (AvgIpc) is 3.15. The molecule has 1 aliphatic carbocycles. The molecule has 7 heteroatoms. The lowest BCUT2D eigenvalue weighted by Gasteiger charge is -2.08. The van der Waals surface area contributed by atoms with Crippen molar-refractivity contribution in [1.82, 2.24) is 14.8 Å². The zero-order valence-electron chi connectivity index (χ0n) is 11.9. The van der Waals surface area contributed by atoms with Crippen molar-refractivity contribution in [1.29, 1.82) is 0 Å². The lowest BCUT2D eigenvalue weighted by atomic mass is 10.1. The zero-order chi connectivity index (χ0) is 15.0. The fraction of sp³-hybridized carbons (Fsp3) is 0.429. The lowest BCUT2D eigenvalue weighted by molar-refractivity contribution is 0.558. The first-order chi connectivity index (χ1) is 9.95. The van der Waals surface area contributed by atoms with Gasteiger partial charge in [-0.1, -0.05) is 29.8 Å². The van der Waals surface area contributed by atoms with E-state index < -0.39 is 10.0 Å². The predicted octanol–water partition coefficient (Wildman–Crippen LogP) is 1.35. The number of primary sulfonamides is 1. The summed E-state index contributed by atoms with van der Waals surface area (Å²) in [5.41, 5.74) is 2.42. The number of benzene rings is 1. The highest BCUT2D eigenvalue weighted by atomic mass is 32.2. The van der Waals surface area contributed by atoms with Crippen molar-refractivity contribution in [3.8, 4) is 0 Å². The van der Waals surface area contributed by atoms with Gasteiger partial charge < -0.3 is 0 Å². The summed E-state index contributed by atoms with van der Waals surface area (Å²) in [5, 5.41) is 12.9. The van der Waals surface area contributed by atoms with Crippen LogP contribution in [0.25, 0.3) is 0 Å². The van der Waals surface area contributed by atoms with Crippen molar-refractivity contribution in [2.24, 2.45) is 5.14 Å². The summed E-state index contributed by atoms with van der Waals surface area (Å²) in [6, 6.07) is 8.44. The third-order valence-corrected chi connectivity index (χ3v) is 4.41. The van der Waals surface area contributed by atoms with E-state index in [1.807, 2.05) is 6.07 Å². The molecule has 3 rings (SSSR count). The molecule has 1 aliphatic rings. The van der Waals surface area contributed by atoms with Gasteiger partial charge in [0.25, 0.3) is 15.2 Å². The van der Waals surface area contributed by atoms with Crippen LogP contribution in [0, 0.1) is 6.92 Å². The van der Waals surface area contributed by atoms with Gasteiger partial charge in [0.15, 0.2) is 0 Å². The molecule has 6 nitrogen and oxygen atoms in total. The van der Waals surface area contributed by atoms with Crippen molar-refractivity contribution in [3.05, 3.63) is 41.2 Å². The molecule has 2 N–H and O–H groups in total. The highest BCUT2D eigenvalue weighted by molar-refractivity contribution is 7.89. The second kappa shape index (κ2) is 5.23. The number of hydrogen-bond donors (Lipinski definition) is 1. The maximum Gasteiger partial charge on any atom is 0.273 e. The second-order valence-corrected chi connectivity index (χ2v) is 6.99. The Morgan fingerprint density at radius 1 is 1.29 bits per heavy atom. The van der Waals surface area contributed by atoms with Crippen molar-refractivity contribution in [3.63, 3.8) is 0 Å². The molecule has 0 radical (unpaired) electrons. The molecule has 1 saturated carbocycles. The summed E-state index contributed by atoms with van der Waals surface area (Å²) in [4.78, 5) is 0. The summed E-state index contributed by atoms with van der Waals surface area (Å²) < 4.78 is 24.8. The minimum Gasteiger partial charge on any atom is -0.298 e. The highest BCUT2D eigenvalue weighted by Crippen LogP contribution is 2.37. The Balaban J connectivity index is 1.84. The average molecular weight is 306 g/mol. The summed E-state index contributed by atoms with van der Waals surface area (Å²) >= 11 is 0. The van der Waals surface area contributed by atoms with E-state index in [1.54, 1.807) is 4.57 Å².